The highest BCUT2D eigenvalue weighted by molar-refractivity contribution is 5.91. The Labute approximate surface area is 110 Å². The molecule has 1 fully saturated rings. The summed E-state index contributed by atoms with van der Waals surface area (Å²) in [5.41, 5.74) is 0.443. The van der Waals surface area contributed by atoms with Crippen molar-refractivity contribution in [2.45, 2.75) is 19.0 Å². The average Bonchev–Trinajstić information content (AvgIpc) is 3.14. The van der Waals surface area contributed by atoms with Crippen molar-refractivity contribution >= 4 is 5.91 Å². The zero-order valence-electron chi connectivity index (χ0n) is 10.5. The van der Waals surface area contributed by atoms with Gasteiger partial charge in [-0.25, -0.2) is 4.98 Å². The molecule has 3 rings (SSSR count). The Hall–Kier alpha value is -2.08. The van der Waals surface area contributed by atoms with Gasteiger partial charge in [0.15, 0.2) is 0 Å². The maximum atomic E-state index is 11.9. The summed E-state index contributed by atoms with van der Waals surface area (Å²) in [7, 11) is 0. The Morgan fingerprint density at radius 1 is 1.63 bits per heavy atom. The molecule has 0 bridgehead atoms. The van der Waals surface area contributed by atoms with Crippen molar-refractivity contribution in [2.75, 3.05) is 13.1 Å². The van der Waals surface area contributed by atoms with Gasteiger partial charge in [0.1, 0.15) is 11.5 Å². The summed E-state index contributed by atoms with van der Waals surface area (Å²) in [4.78, 5) is 16.1. The second-order valence-corrected chi connectivity index (χ2v) is 4.61. The van der Waals surface area contributed by atoms with Crippen molar-refractivity contribution in [3.8, 4) is 0 Å². The number of hydrogen-bond donors (Lipinski definition) is 2. The number of nitrogens with one attached hydrogen (secondary N) is 2. The molecule has 19 heavy (non-hydrogen) atoms. The van der Waals surface area contributed by atoms with Crippen LogP contribution in [-0.2, 0) is 6.54 Å². The van der Waals surface area contributed by atoms with E-state index >= 15 is 0 Å². The lowest BCUT2D eigenvalue weighted by atomic mass is 10.2. The Bertz CT molecular complexity index is 541. The number of amides is 1. The normalized spacial score (nSPS) is 18.6. The third-order valence-corrected chi connectivity index (χ3v) is 3.29. The lowest BCUT2D eigenvalue weighted by Gasteiger charge is -2.08. The molecule has 1 aliphatic heterocycles. The quantitative estimate of drug-likeness (QED) is 0.858. The fourth-order valence-corrected chi connectivity index (χ4v) is 2.22. The molecule has 3 heterocycles. The van der Waals surface area contributed by atoms with E-state index in [0.29, 0.717) is 18.3 Å². The van der Waals surface area contributed by atoms with Crippen molar-refractivity contribution < 1.29 is 9.21 Å². The Morgan fingerprint density at radius 2 is 2.58 bits per heavy atom. The third kappa shape index (κ3) is 2.68. The summed E-state index contributed by atoms with van der Waals surface area (Å²) in [6, 6.07) is 4.02. The van der Waals surface area contributed by atoms with Crippen LogP contribution in [0.3, 0.4) is 0 Å². The van der Waals surface area contributed by atoms with Crippen LogP contribution >= 0.6 is 0 Å². The predicted molar refractivity (Wildman–Crippen MR) is 68.6 cm³/mol. The fraction of sp³-hybridized carbons (Fsp3) is 0.385. The zero-order valence-corrected chi connectivity index (χ0v) is 10.5. The number of rotatable bonds is 4. The van der Waals surface area contributed by atoms with Crippen molar-refractivity contribution in [2.24, 2.45) is 0 Å². The highest BCUT2D eigenvalue weighted by atomic mass is 16.3. The third-order valence-electron chi connectivity index (χ3n) is 3.29. The van der Waals surface area contributed by atoms with Crippen molar-refractivity contribution in [3.63, 3.8) is 0 Å². The zero-order chi connectivity index (χ0) is 13.1. The van der Waals surface area contributed by atoms with Gasteiger partial charge in [-0.2, -0.15) is 0 Å². The first kappa shape index (κ1) is 12.0. The maximum Gasteiger partial charge on any atom is 0.271 e. The van der Waals surface area contributed by atoms with Crippen LogP contribution < -0.4 is 10.6 Å². The van der Waals surface area contributed by atoms with Gasteiger partial charge in [0.25, 0.3) is 5.91 Å². The van der Waals surface area contributed by atoms with E-state index in [-0.39, 0.29) is 5.91 Å². The van der Waals surface area contributed by atoms with E-state index in [1.807, 2.05) is 10.6 Å². The van der Waals surface area contributed by atoms with E-state index in [4.69, 9.17) is 4.42 Å². The molecule has 2 N–H and O–H groups in total. The topological polar surface area (TPSA) is 72.1 Å². The predicted octanol–water partition coefficient (Wildman–Crippen LogP) is 0.941. The monoisotopic (exact) mass is 260 g/mol. The molecule has 1 unspecified atom stereocenters. The van der Waals surface area contributed by atoms with Crippen molar-refractivity contribution in [1.29, 1.82) is 0 Å². The summed E-state index contributed by atoms with van der Waals surface area (Å²) in [6.45, 7) is 2.33. The summed E-state index contributed by atoms with van der Waals surface area (Å²) in [5.74, 6) is 0.550. The molecule has 100 valence electrons. The van der Waals surface area contributed by atoms with Gasteiger partial charge in [-0.15, -0.1) is 0 Å². The minimum absolute atomic E-state index is 0.180. The number of nitrogens with zero attached hydrogens (tertiary/aromatic N) is 2. The van der Waals surface area contributed by atoms with E-state index in [0.717, 1.165) is 25.3 Å². The van der Waals surface area contributed by atoms with Crippen molar-refractivity contribution in [3.05, 3.63) is 42.4 Å². The lowest BCUT2D eigenvalue weighted by Crippen LogP contribution is -2.23. The van der Waals surface area contributed by atoms with Crippen LogP contribution in [0.2, 0.25) is 0 Å². The second-order valence-electron chi connectivity index (χ2n) is 4.61. The summed E-state index contributed by atoms with van der Waals surface area (Å²) in [6.07, 6.45) is 6.18. The van der Waals surface area contributed by atoms with Gasteiger partial charge in [-0.3, -0.25) is 4.79 Å². The average molecular weight is 260 g/mol. The summed E-state index contributed by atoms with van der Waals surface area (Å²) >= 11 is 0. The molecular formula is C13H16N4O2. The molecule has 1 aliphatic rings. The second kappa shape index (κ2) is 5.27. The van der Waals surface area contributed by atoms with E-state index in [9.17, 15) is 4.79 Å². The van der Waals surface area contributed by atoms with Gasteiger partial charge in [0.05, 0.1) is 19.1 Å². The molecule has 0 saturated carbocycles. The number of furan rings is 1. The number of carbonyl (C=O) groups is 1. The van der Waals surface area contributed by atoms with Crippen LogP contribution in [0.5, 0.6) is 0 Å². The van der Waals surface area contributed by atoms with Gasteiger partial charge in [0, 0.05) is 18.8 Å². The van der Waals surface area contributed by atoms with Gasteiger partial charge in [-0.1, -0.05) is 0 Å². The van der Waals surface area contributed by atoms with Gasteiger partial charge >= 0.3 is 0 Å². The molecule has 0 aromatic carbocycles. The fourth-order valence-electron chi connectivity index (χ4n) is 2.22. The first-order chi connectivity index (χ1) is 9.33. The first-order valence-electron chi connectivity index (χ1n) is 6.38. The molecule has 6 nitrogen and oxygen atoms in total. The Balaban J connectivity index is 1.60. The molecule has 1 saturated heterocycles. The van der Waals surface area contributed by atoms with E-state index in [1.54, 1.807) is 24.9 Å². The van der Waals surface area contributed by atoms with Gasteiger partial charge < -0.3 is 19.6 Å². The molecule has 2 aromatic heterocycles. The van der Waals surface area contributed by atoms with Crippen LogP contribution in [0, 0.1) is 0 Å². The SMILES string of the molecule is O=C(NCc1ccco1)c1cn(C2CCNC2)cn1. The van der Waals surface area contributed by atoms with Gasteiger partial charge in [-0.05, 0) is 25.1 Å². The van der Waals surface area contributed by atoms with E-state index in [1.165, 1.54) is 0 Å². The maximum absolute atomic E-state index is 11.9. The molecule has 2 aromatic rings. The minimum atomic E-state index is -0.180. The highest BCUT2D eigenvalue weighted by Crippen LogP contribution is 2.15. The highest BCUT2D eigenvalue weighted by Gasteiger charge is 2.18. The molecule has 0 aliphatic carbocycles. The Kier molecular flexibility index (Phi) is 3.33. The standard InChI is InChI=1S/C13H16N4O2/c18-13(15-7-11-2-1-5-19-11)12-8-17(9-16-12)10-3-4-14-6-10/h1-2,5,8-10,14H,3-4,6-7H2,(H,15,18). The molecule has 0 spiro atoms. The molecule has 0 radical (unpaired) electrons. The van der Waals surface area contributed by atoms with Crippen LogP contribution in [0.15, 0.2) is 35.3 Å². The van der Waals surface area contributed by atoms with Crippen LogP contribution in [0.1, 0.15) is 28.7 Å². The first-order valence-corrected chi connectivity index (χ1v) is 6.38. The summed E-state index contributed by atoms with van der Waals surface area (Å²) < 4.78 is 7.16. The van der Waals surface area contributed by atoms with Crippen LogP contribution in [0.4, 0.5) is 0 Å². The molecule has 1 amide bonds. The van der Waals surface area contributed by atoms with E-state index in [2.05, 4.69) is 15.6 Å². The van der Waals surface area contributed by atoms with Crippen molar-refractivity contribution in [1.82, 2.24) is 20.2 Å². The molecule has 1 atom stereocenters. The molecule has 6 heteroatoms. The lowest BCUT2D eigenvalue weighted by molar-refractivity contribution is 0.0943. The van der Waals surface area contributed by atoms with E-state index < -0.39 is 0 Å². The summed E-state index contributed by atoms with van der Waals surface area (Å²) in [5, 5.41) is 6.07. The number of carbonyl (C=O) groups excluding carboxylic acids is 1. The largest absolute Gasteiger partial charge is 0.467 e. The molecular weight excluding hydrogens is 244 g/mol. The van der Waals surface area contributed by atoms with Gasteiger partial charge in [0.2, 0.25) is 0 Å². The smallest absolute Gasteiger partial charge is 0.271 e. The van der Waals surface area contributed by atoms with Crippen LogP contribution in [0.25, 0.3) is 0 Å². The van der Waals surface area contributed by atoms with Crippen LogP contribution in [-0.4, -0.2) is 28.5 Å². The Morgan fingerprint density at radius 3 is 3.32 bits per heavy atom. The number of hydrogen-bond acceptors (Lipinski definition) is 4. The number of imidazole rings is 1. The number of aromatic nitrogens is 2. The minimum Gasteiger partial charge on any atom is -0.467 e.